The summed E-state index contributed by atoms with van der Waals surface area (Å²) in [6, 6.07) is 13.1. The number of hydrogen-bond donors (Lipinski definition) is 1. The molecule has 1 unspecified atom stereocenters. The number of benzene rings is 2. The van der Waals surface area contributed by atoms with Gasteiger partial charge < -0.3 is 19.7 Å². The van der Waals surface area contributed by atoms with Crippen LogP contribution < -0.4 is 14.8 Å². The summed E-state index contributed by atoms with van der Waals surface area (Å²) >= 11 is 0. The van der Waals surface area contributed by atoms with E-state index in [0.717, 1.165) is 11.3 Å². The number of hydrogen-bond acceptors (Lipinski definition) is 4. The number of methoxy groups -OCH3 is 1. The van der Waals surface area contributed by atoms with Gasteiger partial charge >= 0.3 is 6.61 Å². The number of alkyl halides is 2. The molecule has 0 heterocycles. The van der Waals surface area contributed by atoms with Crippen molar-refractivity contribution in [3.05, 3.63) is 59.7 Å². The molecule has 0 aromatic heterocycles. The highest BCUT2D eigenvalue weighted by Gasteiger charge is 2.19. The van der Waals surface area contributed by atoms with Gasteiger partial charge in [0.25, 0.3) is 5.91 Å². The second kappa shape index (κ2) is 9.15. The van der Waals surface area contributed by atoms with Crippen molar-refractivity contribution in [3.8, 4) is 11.5 Å². The third-order valence-electron chi connectivity index (χ3n) is 3.92. The summed E-state index contributed by atoms with van der Waals surface area (Å²) in [5.74, 6) is 0.459. The number of nitrogens with zero attached hydrogens (tertiary/aromatic N) is 1. The lowest BCUT2D eigenvalue weighted by Gasteiger charge is -2.26. The number of carbonyl (C=O) groups excluding carboxylic acids is 1. The molecule has 1 amide bonds. The van der Waals surface area contributed by atoms with E-state index in [1.54, 1.807) is 7.11 Å². The SMILES string of the molecule is COc1ccccc1C(CNC(=O)c1ccc(OC(F)F)cc1)N(C)C. The fraction of sp³-hybridized carbons (Fsp3) is 0.316. The molecule has 1 N–H and O–H groups in total. The minimum absolute atomic E-state index is 0.0109. The zero-order valence-electron chi connectivity index (χ0n) is 14.9. The zero-order chi connectivity index (χ0) is 19.1. The molecule has 2 rings (SSSR count). The average Bonchev–Trinajstić information content (AvgIpc) is 2.62. The van der Waals surface area contributed by atoms with Gasteiger partial charge in [-0.15, -0.1) is 0 Å². The fourth-order valence-electron chi connectivity index (χ4n) is 2.59. The summed E-state index contributed by atoms with van der Waals surface area (Å²) in [4.78, 5) is 14.3. The van der Waals surface area contributed by atoms with Crippen molar-refractivity contribution in [2.24, 2.45) is 0 Å². The lowest BCUT2D eigenvalue weighted by molar-refractivity contribution is -0.0498. The second-order valence-electron chi connectivity index (χ2n) is 5.83. The van der Waals surface area contributed by atoms with Crippen LogP contribution in [0.4, 0.5) is 8.78 Å². The maximum Gasteiger partial charge on any atom is 0.387 e. The number of nitrogens with one attached hydrogen (secondary N) is 1. The monoisotopic (exact) mass is 364 g/mol. The first-order valence-electron chi connectivity index (χ1n) is 8.04. The van der Waals surface area contributed by atoms with Crippen LogP contribution in [0.5, 0.6) is 11.5 Å². The Balaban J connectivity index is 2.05. The van der Waals surface area contributed by atoms with Gasteiger partial charge in [-0.05, 0) is 44.4 Å². The van der Waals surface area contributed by atoms with Crippen LogP contribution in [0.1, 0.15) is 22.0 Å². The highest BCUT2D eigenvalue weighted by molar-refractivity contribution is 5.94. The van der Waals surface area contributed by atoms with Gasteiger partial charge in [-0.25, -0.2) is 0 Å². The molecule has 26 heavy (non-hydrogen) atoms. The van der Waals surface area contributed by atoms with Crippen molar-refractivity contribution < 1.29 is 23.0 Å². The molecule has 5 nitrogen and oxygen atoms in total. The molecule has 0 radical (unpaired) electrons. The summed E-state index contributed by atoms with van der Waals surface area (Å²) in [6.45, 7) is -2.53. The first-order valence-corrected chi connectivity index (χ1v) is 8.04. The molecule has 2 aromatic carbocycles. The Morgan fingerprint density at radius 2 is 1.77 bits per heavy atom. The number of ether oxygens (including phenoxy) is 2. The van der Waals surface area contributed by atoms with Crippen LogP contribution in [0.3, 0.4) is 0 Å². The first kappa shape index (κ1) is 19.7. The van der Waals surface area contributed by atoms with E-state index in [9.17, 15) is 13.6 Å². The maximum absolute atomic E-state index is 12.3. The molecule has 0 aliphatic heterocycles. The van der Waals surface area contributed by atoms with Crippen LogP contribution in [-0.4, -0.2) is 45.2 Å². The Morgan fingerprint density at radius 1 is 1.12 bits per heavy atom. The molecule has 0 saturated carbocycles. The molecule has 0 saturated heterocycles. The van der Waals surface area contributed by atoms with Crippen LogP contribution >= 0.6 is 0 Å². The van der Waals surface area contributed by atoms with E-state index >= 15 is 0 Å². The van der Waals surface area contributed by atoms with E-state index < -0.39 is 6.61 Å². The number of para-hydroxylation sites is 1. The fourth-order valence-corrected chi connectivity index (χ4v) is 2.59. The van der Waals surface area contributed by atoms with Gasteiger partial charge in [0.2, 0.25) is 0 Å². The molecular weight excluding hydrogens is 342 g/mol. The van der Waals surface area contributed by atoms with E-state index in [1.807, 2.05) is 43.3 Å². The van der Waals surface area contributed by atoms with Gasteiger partial charge in [-0.3, -0.25) is 4.79 Å². The van der Waals surface area contributed by atoms with Gasteiger partial charge in [-0.2, -0.15) is 8.78 Å². The lowest BCUT2D eigenvalue weighted by Crippen LogP contribution is -2.34. The minimum Gasteiger partial charge on any atom is -0.496 e. The lowest BCUT2D eigenvalue weighted by atomic mass is 10.0. The zero-order valence-corrected chi connectivity index (χ0v) is 14.9. The summed E-state index contributed by atoms with van der Waals surface area (Å²) in [5.41, 5.74) is 1.32. The third-order valence-corrected chi connectivity index (χ3v) is 3.92. The van der Waals surface area contributed by atoms with Crippen molar-refractivity contribution >= 4 is 5.91 Å². The highest BCUT2D eigenvalue weighted by Crippen LogP contribution is 2.27. The Kier molecular flexibility index (Phi) is 6.91. The Labute approximate surface area is 151 Å². The summed E-state index contributed by atoms with van der Waals surface area (Å²) < 4.78 is 34.0. The molecular formula is C19H22F2N2O3. The van der Waals surface area contributed by atoms with E-state index in [0.29, 0.717) is 12.1 Å². The quantitative estimate of drug-likeness (QED) is 0.781. The van der Waals surface area contributed by atoms with Gasteiger partial charge in [0, 0.05) is 17.7 Å². The van der Waals surface area contributed by atoms with Crippen LogP contribution in [0.2, 0.25) is 0 Å². The van der Waals surface area contributed by atoms with Crippen molar-refractivity contribution in [2.45, 2.75) is 12.7 Å². The summed E-state index contributed by atoms with van der Waals surface area (Å²) in [6.07, 6.45) is 0. The van der Waals surface area contributed by atoms with Gasteiger partial charge in [0.1, 0.15) is 11.5 Å². The predicted molar refractivity (Wildman–Crippen MR) is 94.8 cm³/mol. The standard InChI is InChI=1S/C19H22F2N2O3/c1-23(2)16(15-6-4-5-7-17(15)25-3)12-22-18(24)13-8-10-14(11-9-13)26-19(20)21/h4-11,16,19H,12H2,1-3H3,(H,22,24). The molecule has 0 aliphatic rings. The van der Waals surface area contributed by atoms with Crippen LogP contribution in [0, 0.1) is 0 Å². The van der Waals surface area contributed by atoms with E-state index in [4.69, 9.17) is 4.74 Å². The van der Waals surface area contributed by atoms with Crippen LogP contribution in [0.15, 0.2) is 48.5 Å². The van der Waals surface area contributed by atoms with Crippen molar-refractivity contribution in [1.82, 2.24) is 10.2 Å². The number of rotatable bonds is 8. The number of amides is 1. The van der Waals surface area contributed by atoms with Crippen LogP contribution in [-0.2, 0) is 0 Å². The van der Waals surface area contributed by atoms with Gasteiger partial charge in [0.05, 0.1) is 13.2 Å². The predicted octanol–water partition coefficient (Wildman–Crippen LogP) is 3.33. The van der Waals surface area contributed by atoms with E-state index in [1.165, 1.54) is 24.3 Å². The first-order chi connectivity index (χ1) is 12.4. The Bertz CT molecular complexity index is 721. The summed E-state index contributed by atoms with van der Waals surface area (Å²) in [7, 11) is 5.44. The average molecular weight is 364 g/mol. The molecule has 0 fully saturated rings. The van der Waals surface area contributed by atoms with Gasteiger partial charge in [0.15, 0.2) is 0 Å². The molecule has 0 bridgehead atoms. The molecule has 7 heteroatoms. The number of halogens is 2. The van der Waals surface area contributed by atoms with E-state index in [-0.39, 0.29) is 17.7 Å². The molecule has 0 spiro atoms. The smallest absolute Gasteiger partial charge is 0.387 e. The van der Waals surface area contributed by atoms with E-state index in [2.05, 4.69) is 10.1 Å². The molecule has 140 valence electrons. The molecule has 1 atom stereocenters. The van der Waals surface area contributed by atoms with Crippen molar-refractivity contribution in [2.75, 3.05) is 27.7 Å². The third kappa shape index (κ3) is 5.16. The normalized spacial score (nSPS) is 12.1. The molecule has 2 aromatic rings. The van der Waals surface area contributed by atoms with Gasteiger partial charge in [-0.1, -0.05) is 18.2 Å². The Morgan fingerprint density at radius 3 is 2.35 bits per heavy atom. The van der Waals surface area contributed by atoms with Crippen molar-refractivity contribution in [1.29, 1.82) is 0 Å². The topological polar surface area (TPSA) is 50.8 Å². The number of likely N-dealkylation sites (N-methyl/N-ethyl adjacent to an activating group) is 1. The van der Waals surface area contributed by atoms with Crippen LogP contribution in [0.25, 0.3) is 0 Å². The highest BCUT2D eigenvalue weighted by atomic mass is 19.3. The largest absolute Gasteiger partial charge is 0.496 e. The minimum atomic E-state index is -2.89. The van der Waals surface area contributed by atoms with Crippen molar-refractivity contribution in [3.63, 3.8) is 0 Å². The maximum atomic E-state index is 12.3. The second-order valence-corrected chi connectivity index (χ2v) is 5.83. The number of carbonyl (C=O) groups is 1. The molecule has 0 aliphatic carbocycles. The summed E-state index contributed by atoms with van der Waals surface area (Å²) in [5, 5.41) is 2.87. The Hall–Kier alpha value is -2.67.